The first-order valence-corrected chi connectivity index (χ1v) is 6.53. The molecule has 1 aromatic carbocycles. The van der Waals surface area contributed by atoms with E-state index in [1.807, 2.05) is 0 Å². The van der Waals surface area contributed by atoms with Crippen LogP contribution in [0.15, 0.2) is 41.3 Å². The lowest BCUT2D eigenvalue weighted by Gasteiger charge is -2.11. The molecule has 3 aromatic rings. The molecule has 3 rings (SSSR count). The van der Waals surface area contributed by atoms with Crippen LogP contribution in [-0.4, -0.2) is 21.6 Å². The van der Waals surface area contributed by atoms with Crippen molar-refractivity contribution in [2.24, 2.45) is 5.73 Å². The molecule has 0 aliphatic rings. The van der Waals surface area contributed by atoms with Gasteiger partial charge in [-0.25, -0.2) is 8.78 Å². The highest BCUT2D eigenvalue weighted by Gasteiger charge is 2.17. The van der Waals surface area contributed by atoms with Gasteiger partial charge in [-0.1, -0.05) is 12.1 Å². The summed E-state index contributed by atoms with van der Waals surface area (Å²) in [6.07, 6.45) is -1.10. The van der Waals surface area contributed by atoms with Gasteiger partial charge in [0.25, 0.3) is 12.0 Å². The van der Waals surface area contributed by atoms with Gasteiger partial charge in [0.05, 0.1) is 11.6 Å². The summed E-state index contributed by atoms with van der Waals surface area (Å²) in [5.41, 5.74) is 6.66. The first-order valence-electron chi connectivity index (χ1n) is 6.53. The minimum absolute atomic E-state index is 0.273. The van der Waals surface area contributed by atoms with E-state index in [1.165, 1.54) is 18.3 Å². The number of hydrogen-bond donors (Lipinski definition) is 4. The second-order valence-electron chi connectivity index (χ2n) is 4.77. The third kappa shape index (κ3) is 2.56. The van der Waals surface area contributed by atoms with Crippen LogP contribution in [0.5, 0.6) is 0 Å². The number of nitrogens with zero attached hydrogens (tertiary/aromatic N) is 1. The number of aromatic amines is 2. The number of H-pyrrole nitrogens is 2. The summed E-state index contributed by atoms with van der Waals surface area (Å²) in [5.74, 6) is 0.364. The van der Waals surface area contributed by atoms with E-state index in [0.29, 0.717) is 28.0 Å². The van der Waals surface area contributed by atoms with E-state index >= 15 is 0 Å². The zero-order valence-electron chi connectivity index (χ0n) is 11.3. The molecule has 0 amide bonds. The maximum Gasteiger partial charge on any atom is 0.261 e. The largest absolute Gasteiger partial charge is 0.338 e. The summed E-state index contributed by atoms with van der Waals surface area (Å²) in [4.78, 5) is 14.4. The van der Waals surface area contributed by atoms with Crippen LogP contribution >= 0.6 is 0 Å². The van der Waals surface area contributed by atoms with Gasteiger partial charge < -0.3 is 16.0 Å². The molecule has 5 N–H and O–H groups in total. The van der Waals surface area contributed by atoms with Gasteiger partial charge in [0.1, 0.15) is 5.39 Å². The second kappa shape index (κ2) is 5.57. The van der Waals surface area contributed by atoms with Crippen LogP contribution in [0.4, 0.5) is 20.3 Å². The number of anilines is 2. The van der Waals surface area contributed by atoms with E-state index in [0.717, 1.165) is 0 Å². The Morgan fingerprint density at radius 3 is 2.59 bits per heavy atom. The van der Waals surface area contributed by atoms with Crippen LogP contribution < -0.4 is 16.6 Å². The number of alkyl halides is 2. The monoisotopic (exact) mass is 305 g/mol. The number of nitrogens with one attached hydrogen (secondary N) is 3. The molecule has 0 saturated carbocycles. The Morgan fingerprint density at radius 2 is 1.91 bits per heavy atom. The molecule has 6 nitrogen and oxygen atoms in total. The Bertz CT molecular complexity index is 840. The highest BCUT2D eigenvalue weighted by molar-refractivity contribution is 5.90. The Balaban J connectivity index is 1.88. The Labute approximate surface area is 123 Å². The maximum absolute atomic E-state index is 12.5. The van der Waals surface area contributed by atoms with Crippen LogP contribution in [0.1, 0.15) is 11.6 Å². The molecule has 114 valence electrons. The number of benzene rings is 1. The van der Waals surface area contributed by atoms with Crippen molar-refractivity contribution in [3.05, 3.63) is 52.4 Å². The van der Waals surface area contributed by atoms with Crippen molar-refractivity contribution in [1.29, 1.82) is 0 Å². The Kier molecular flexibility index (Phi) is 3.60. The predicted molar refractivity (Wildman–Crippen MR) is 79.4 cm³/mol. The fourth-order valence-corrected chi connectivity index (χ4v) is 2.14. The summed E-state index contributed by atoms with van der Waals surface area (Å²) in [6, 6.07) is 6.61. The van der Waals surface area contributed by atoms with Crippen molar-refractivity contribution in [2.45, 2.75) is 12.5 Å². The van der Waals surface area contributed by atoms with Crippen molar-refractivity contribution in [3.63, 3.8) is 0 Å². The number of pyridine rings is 1. The summed E-state index contributed by atoms with van der Waals surface area (Å²) in [5, 5.41) is 10.1. The lowest BCUT2D eigenvalue weighted by atomic mass is 10.1. The second-order valence-corrected chi connectivity index (χ2v) is 4.77. The summed E-state index contributed by atoms with van der Waals surface area (Å²) >= 11 is 0. The zero-order valence-corrected chi connectivity index (χ0v) is 11.3. The van der Waals surface area contributed by atoms with Gasteiger partial charge in [-0.2, -0.15) is 5.10 Å². The van der Waals surface area contributed by atoms with Crippen LogP contribution in [0.2, 0.25) is 0 Å². The van der Waals surface area contributed by atoms with E-state index in [4.69, 9.17) is 5.73 Å². The molecule has 2 heterocycles. The maximum atomic E-state index is 12.5. The first kappa shape index (κ1) is 14.2. The third-order valence-corrected chi connectivity index (χ3v) is 3.32. The Morgan fingerprint density at radius 1 is 1.18 bits per heavy atom. The quantitative estimate of drug-likeness (QED) is 0.594. The van der Waals surface area contributed by atoms with Gasteiger partial charge >= 0.3 is 0 Å². The molecule has 8 heteroatoms. The van der Waals surface area contributed by atoms with Crippen molar-refractivity contribution >= 4 is 22.4 Å². The molecule has 2 aromatic heterocycles. The topological polar surface area (TPSA) is 99.6 Å². The van der Waals surface area contributed by atoms with Crippen molar-refractivity contribution in [2.75, 3.05) is 5.32 Å². The van der Waals surface area contributed by atoms with Crippen LogP contribution in [0, 0.1) is 0 Å². The van der Waals surface area contributed by atoms with Crippen molar-refractivity contribution < 1.29 is 8.78 Å². The van der Waals surface area contributed by atoms with Gasteiger partial charge in [-0.3, -0.25) is 9.89 Å². The molecule has 0 spiro atoms. The SMILES string of the molecule is NC(c1ccc(Nc2n[nH]c3cc[nH]c(=O)c23)cc1)C(F)F. The summed E-state index contributed by atoms with van der Waals surface area (Å²) in [7, 11) is 0. The van der Waals surface area contributed by atoms with Gasteiger partial charge in [-0.05, 0) is 23.8 Å². The number of halogens is 2. The molecule has 0 aliphatic heterocycles. The Hall–Kier alpha value is -2.74. The van der Waals surface area contributed by atoms with Gasteiger partial charge in [0, 0.05) is 11.9 Å². The third-order valence-electron chi connectivity index (χ3n) is 3.32. The number of hydrogen-bond acceptors (Lipinski definition) is 4. The normalized spacial score (nSPS) is 12.7. The number of nitrogens with two attached hydrogens (primary N) is 1. The molecular weight excluding hydrogens is 292 g/mol. The molecule has 0 aliphatic carbocycles. The van der Waals surface area contributed by atoms with E-state index in [-0.39, 0.29) is 5.56 Å². The average molecular weight is 305 g/mol. The fraction of sp³-hybridized carbons (Fsp3) is 0.143. The number of rotatable bonds is 4. The lowest BCUT2D eigenvalue weighted by Crippen LogP contribution is -2.18. The first-order chi connectivity index (χ1) is 10.6. The minimum atomic E-state index is -2.62. The van der Waals surface area contributed by atoms with Crippen molar-refractivity contribution in [3.8, 4) is 0 Å². The van der Waals surface area contributed by atoms with E-state index in [1.54, 1.807) is 18.2 Å². The van der Waals surface area contributed by atoms with E-state index in [2.05, 4.69) is 20.5 Å². The number of fused-ring (bicyclic) bond motifs is 1. The molecule has 22 heavy (non-hydrogen) atoms. The van der Waals surface area contributed by atoms with E-state index in [9.17, 15) is 13.6 Å². The predicted octanol–water partition coefficient (Wildman–Crippen LogP) is 2.26. The zero-order chi connectivity index (χ0) is 15.7. The molecule has 1 atom stereocenters. The summed E-state index contributed by atoms with van der Waals surface area (Å²) in [6.45, 7) is 0. The molecule has 0 radical (unpaired) electrons. The lowest BCUT2D eigenvalue weighted by molar-refractivity contribution is 0.116. The molecule has 0 saturated heterocycles. The highest BCUT2D eigenvalue weighted by Crippen LogP contribution is 2.23. The molecule has 0 bridgehead atoms. The molecular formula is C14H13F2N5O. The average Bonchev–Trinajstić information content (AvgIpc) is 2.92. The van der Waals surface area contributed by atoms with Crippen molar-refractivity contribution in [1.82, 2.24) is 15.2 Å². The smallest absolute Gasteiger partial charge is 0.261 e. The van der Waals surface area contributed by atoms with Crippen LogP contribution in [-0.2, 0) is 0 Å². The fourth-order valence-electron chi connectivity index (χ4n) is 2.14. The highest BCUT2D eigenvalue weighted by atomic mass is 19.3. The molecule has 0 fully saturated rings. The van der Waals surface area contributed by atoms with Crippen LogP contribution in [0.3, 0.4) is 0 Å². The van der Waals surface area contributed by atoms with Gasteiger partial charge in [0.15, 0.2) is 5.82 Å². The molecule has 1 unspecified atom stereocenters. The minimum Gasteiger partial charge on any atom is -0.338 e. The number of aromatic nitrogens is 3. The van der Waals surface area contributed by atoms with Gasteiger partial charge in [0.2, 0.25) is 0 Å². The van der Waals surface area contributed by atoms with Gasteiger partial charge in [-0.15, -0.1) is 0 Å². The summed E-state index contributed by atoms with van der Waals surface area (Å²) < 4.78 is 25.1. The van der Waals surface area contributed by atoms with E-state index < -0.39 is 12.5 Å². The van der Waals surface area contributed by atoms with Crippen LogP contribution in [0.25, 0.3) is 10.9 Å². The standard InChI is InChI=1S/C14H13F2N5O/c15-12(16)11(17)7-1-3-8(4-2-7)19-13-10-9(20-21-13)5-6-18-14(10)22/h1-6,11-12H,17H2,(H,18,22)(H2,19,20,21).